The lowest BCUT2D eigenvalue weighted by atomic mass is 10.2. The lowest BCUT2D eigenvalue weighted by Gasteiger charge is -2.07. The molecule has 2 N–H and O–H groups in total. The summed E-state index contributed by atoms with van der Waals surface area (Å²) >= 11 is 0. The molecule has 0 saturated heterocycles. The fraction of sp³-hybridized carbons (Fsp3) is 0.0909. The molecule has 0 radical (unpaired) electrons. The second kappa shape index (κ2) is 5.17. The number of nitrogens with one attached hydrogen (secondary N) is 2. The smallest absolute Gasteiger partial charge is 0.242 e. The average molecular weight is 280 g/mol. The van der Waals surface area contributed by atoms with E-state index in [-0.39, 0.29) is 11.4 Å². The molecule has 0 aliphatic heterocycles. The minimum atomic E-state index is -3.96. The van der Waals surface area contributed by atoms with Gasteiger partial charge in [0, 0.05) is 18.3 Å². The van der Waals surface area contributed by atoms with Crippen molar-refractivity contribution >= 4 is 10.0 Å². The van der Waals surface area contributed by atoms with Crippen LogP contribution >= 0.6 is 0 Å². The van der Waals surface area contributed by atoms with Gasteiger partial charge in [0.15, 0.2) is 0 Å². The Hall–Kier alpha value is -2.24. The summed E-state index contributed by atoms with van der Waals surface area (Å²) in [4.78, 5) is -0.376. The number of hydrogen-bond acceptors (Lipinski definition) is 4. The minimum Gasteiger partial charge on any atom is -0.285 e. The van der Waals surface area contributed by atoms with Crippen LogP contribution in [0.4, 0.5) is 4.39 Å². The third-order valence-electron chi connectivity index (χ3n) is 2.40. The van der Waals surface area contributed by atoms with Crippen LogP contribution in [-0.4, -0.2) is 18.6 Å². The monoisotopic (exact) mass is 280 g/mol. The Morgan fingerprint density at radius 1 is 1.47 bits per heavy atom. The summed E-state index contributed by atoms with van der Waals surface area (Å²) in [5.74, 6) is -0.867. The van der Waals surface area contributed by atoms with E-state index in [1.54, 1.807) is 6.07 Å². The van der Waals surface area contributed by atoms with Crippen molar-refractivity contribution in [3.05, 3.63) is 47.5 Å². The number of benzene rings is 1. The van der Waals surface area contributed by atoms with E-state index < -0.39 is 21.4 Å². The van der Waals surface area contributed by atoms with Crippen molar-refractivity contribution in [1.82, 2.24) is 14.9 Å². The topological polar surface area (TPSA) is 98.6 Å². The number of H-pyrrole nitrogens is 1. The second-order valence-electron chi connectivity index (χ2n) is 3.66. The summed E-state index contributed by atoms with van der Waals surface area (Å²) in [7, 11) is -3.96. The van der Waals surface area contributed by atoms with Gasteiger partial charge in [0.25, 0.3) is 0 Å². The largest absolute Gasteiger partial charge is 0.285 e. The van der Waals surface area contributed by atoms with E-state index in [0.717, 1.165) is 6.07 Å². The summed E-state index contributed by atoms with van der Waals surface area (Å²) in [5.41, 5.74) is 0.126. The van der Waals surface area contributed by atoms with E-state index in [2.05, 4.69) is 14.9 Å². The van der Waals surface area contributed by atoms with Gasteiger partial charge in [0.2, 0.25) is 10.0 Å². The predicted molar refractivity (Wildman–Crippen MR) is 63.7 cm³/mol. The van der Waals surface area contributed by atoms with E-state index in [1.807, 2.05) is 0 Å². The molecule has 19 heavy (non-hydrogen) atoms. The van der Waals surface area contributed by atoms with Gasteiger partial charge in [-0.3, -0.25) is 5.10 Å². The van der Waals surface area contributed by atoms with Crippen LogP contribution in [-0.2, 0) is 16.6 Å². The second-order valence-corrected chi connectivity index (χ2v) is 5.39. The fourth-order valence-corrected chi connectivity index (χ4v) is 2.65. The summed E-state index contributed by atoms with van der Waals surface area (Å²) < 4.78 is 39.6. The van der Waals surface area contributed by atoms with Crippen molar-refractivity contribution < 1.29 is 12.8 Å². The minimum absolute atomic E-state index is 0.000214. The normalized spacial score (nSPS) is 11.2. The van der Waals surface area contributed by atoms with Crippen molar-refractivity contribution in [3.8, 4) is 6.07 Å². The van der Waals surface area contributed by atoms with E-state index in [1.165, 1.54) is 24.5 Å². The Kier molecular flexibility index (Phi) is 3.59. The first-order valence-corrected chi connectivity index (χ1v) is 6.69. The first-order valence-electron chi connectivity index (χ1n) is 5.20. The number of sulfonamides is 1. The fourth-order valence-electron chi connectivity index (χ4n) is 1.47. The highest BCUT2D eigenvalue weighted by Gasteiger charge is 2.20. The maximum absolute atomic E-state index is 13.4. The highest BCUT2D eigenvalue weighted by atomic mass is 32.2. The van der Waals surface area contributed by atoms with Gasteiger partial charge >= 0.3 is 0 Å². The summed E-state index contributed by atoms with van der Waals surface area (Å²) in [5, 5.41) is 15.0. The zero-order valence-electron chi connectivity index (χ0n) is 9.59. The van der Waals surface area contributed by atoms with Crippen LogP contribution < -0.4 is 4.72 Å². The Morgan fingerprint density at radius 2 is 2.26 bits per heavy atom. The highest BCUT2D eigenvalue weighted by Crippen LogP contribution is 2.17. The molecular formula is C11H9FN4O2S. The molecular weight excluding hydrogens is 271 g/mol. The van der Waals surface area contributed by atoms with Crippen molar-refractivity contribution in [3.63, 3.8) is 0 Å². The maximum atomic E-state index is 13.4. The molecule has 2 aromatic rings. The zero-order chi connectivity index (χ0) is 13.9. The van der Waals surface area contributed by atoms with Crippen LogP contribution in [0, 0.1) is 17.1 Å². The van der Waals surface area contributed by atoms with Crippen LogP contribution in [0.3, 0.4) is 0 Å². The van der Waals surface area contributed by atoms with Crippen molar-refractivity contribution in [2.24, 2.45) is 0 Å². The summed E-state index contributed by atoms with van der Waals surface area (Å²) in [6, 6.07) is 5.00. The van der Waals surface area contributed by atoms with Crippen molar-refractivity contribution in [2.75, 3.05) is 0 Å². The van der Waals surface area contributed by atoms with Crippen LogP contribution in [0.2, 0.25) is 0 Å². The van der Waals surface area contributed by atoms with Crippen LogP contribution in [0.1, 0.15) is 11.1 Å². The van der Waals surface area contributed by atoms with Gasteiger partial charge in [-0.05, 0) is 12.1 Å². The van der Waals surface area contributed by atoms with Crippen LogP contribution in [0.15, 0.2) is 35.5 Å². The zero-order valence-corrected chi connectivity index (χ0v) is 10.4. The predicted octanol–water partition coefficient (Wildman–Crippen LogP) is 0.899. The molecule has 0 fully saturated rings. The molecule has 1 heterocycles. The van der Waals surface area contributed by atoms with E-state index >= 15 is 0 Å². The van der Waals surface area contributed by atoms with Crippen molar-refractivity contribution in [2.45, 2.75) is 11.4 Å². The Balaban J connectivity index is 2.30. The Morgan fingerprint density at radius 3 is 2.89 bits per heavy atom. The molecule has 8 heteroatoms. The van der Waals surface area contributed by atoms with Crippen LogP contribution in [0.25, 0.3) is 0 Å². The molecule has 6 nitrogen and oxygen atoms in total. The standard InChI is InChI=1S/C11H9FN4O2S/c12-10-2-1-3-11(9(10)4-13)19(17,18)16-7-8-5-14-15-6-8/h1-3,5-6,16H,7H2,(H,14,15). The van der Waals surface area contributed by atoms with Gasteiger partial charge in [0.05, 0.1) is 6.20 Å². The lowest BCUT2D eigenvalue weighted by Crippen LogP contribution is -2.24. The van der Waals surface area contributed by atoms with Gasteiger partial charge < -0.3 is 0 Å². The molecule has 0 atom stereocenters. The molecule has 98 valence electrons. The van der Waals surface area contributed by atoms with Crippen LogP contribution in [0.5, 0.6) is 0 Å². The third kappa shape index (κ3) is 2.78. The van der Waals surface area contributed by atoms with Crippen molar-refractivity contribution in [1.29, 1.82) is 5.26 Å². The van der Waals surface area contributed by atoms with E-state index in [9.17, 15) is 12.8 Å². The molecule has 0 unspecified atom stereocenters. The highest BCUT2D eigenvalue weighted by molar-refractivity contribution is 7.89. The molecule has 0 aliphatic rings. The number of nitriles is 1. The van der Waals surface area contributed by atoms with Gasteiger partial charge in [-0.15, -0.1) is 0 Å². The molecule has 0 amide bonds. The molecule has 1 aromatic carbocycles. The average Bonchev–Trinajstić information content (AvgIpc) is 2.89. The molecule has 2 rings (SSSR count). The SMILES string of the molecule is N#Cc1c(F)cccc1S(=O)(=O)NCc1cn[nH]c1. The number of aromatic amines is 1. The Bertz CT molecular complexity index is 720. The molecule has 0 saturated carbocycles. The summed E-state index contributed by atoms with van der Waals surface area (Å²) in [6.45, 7) is 0.000214. The van der Waals surface area contributed by atoms with Gasteiger partial charge in [0.1, 0.15) is 22.3 Å². The molecule has 0 bridgehead atoms. The lowest BCUT2D eigenvalue weighted by molar-refractivity contribution is 0.576. The Labute approximate surface area is 108 Å². The number of rotatable bonds is 4. The molecule has 0 aliphatic carbocycles. The van der Waals surface area contributed by atoms with E-state index in [0.29, 0.717) is 5.56 Å². The summed E-state index contributed by atoms with van der Waals surface area (Å²) in [6.07, 6.45) is 2.98. The molecule has 1 aromatic heterocycles. The van der Waals surface area contributed by atoms with Gasteiger partial charge in [-0.25, -0.2) is 17.5 Å². The number of aromatic nitrogens is 2. The maximum Gasteiger partial charge on any atom is 0.242 e. The van der Waals surface area contributed by atoms with Gasteiger partial charge in [-0.1, -0.05) is 6.07 Å². The quantitative estimate of drug-likeness (QED) is 0.869. The first-order chi connectivity index (χ1) is 9.04. The van der Waals surface area contributed by atoms with E-state index in [4.69, 9.17) is 5.26 Å². The number of halogens is 1. The molecule has 0 spiro atoms. The van der Waals surface area contributed by atoms with Gasteiger partial charge in [-0.2, -0.15) is 10.4 Å². The number of hydrogen-bond donors (Lipinski definition) is 2. The third-order valence-corrected chi connectivity index (χ3v) is 3.84. The first kappa shape index (κ1) is 13.2. The number of nitrogens with zero attached hydrogens (tertiary/aromatic N) is 2.